The number of carbonyl (C=O) groups is 1. The molecule has 0 saturated carbocycles. The first-order chi connectivity index (χ1) is 14.0. The number of esters is 1. The predicted molar refractivity (Wildman–Crippen MR) is 119 cm³/mol. The van der Waals surface area contributed by atoms with E-state index in [-0.39, 0.29) is 12.5 Å². The number of hydrogen-bond donors (Lipinski definition) is 1. The van der Waals surface area contributed by atoms with Crippen molar-refractivity contribution in [3.8, 4) is 5.88 Å². The average molecular weight is 427 g/mol. The Hall–Kier alpha value is -2.77. The van der Waals surface area contributed by atoms with Crippen LogP contribution in [-0.2, 0) is 16.0 Å². The van der Waals surface area contributed by atoms with Gasteiger partial charge in [-0.1, -0.05) is 59.9 Å². The van der Waals surface area contributed by atoms with Crippen LogP contribution < -0.4 is 0 Å². The zero-order chi connectivity index (χ0) is 20.8. The zero-order valence-electron chi connectivity index (χ0n) is 16.2. The smallest absolute Gasteiger partial charge is 0.329 e. The maximum Gasteiger partial charge on any atom is 0.329 e. The summed E-state index contributed by atoms with van der Waals surface area (Å²) in [6, 6.07) is 16.6. The van der Waals surface area contributed by atoms with Gasteiger partial charge in [0.2, 0.25) is 5.88 Å². The highest BCUT2D eigenvalue weighted by Crippen LogP contribution is 2.31. The highest BCUT2D eigenvalue weighted by molar-refractivity contribution is 7.73. The van der Waals surface area contributed by atoms with Crippen molar-refractivity contribution in [2.45, 2.75) is 26.3 Å². The first-order valence-corrected chi connectivity index (χ1v) is 10.5. The van der Waals surface area contributed by atoms with Crippen molar-refractivity contribution >= 4 is 41.4 Å². The standard InChI is InChI=1S/C22H22N2O3S2/c1-3-27-21(26)18(13-16-10-5-4-6-11-16)24-20(25)19(29-22(24)28)14-23-17-12-8-7-9-15(17)2/h4-12,14,18,25H,3,13H2,1-2H3/t18-/m1/s1. The van der Waals surface area contributed by atoms with Crippen LogP contribution in [0, 0.1) is 10.9 Å². The lowest BCUT2D eigenvalue weighted by atomic mass is 10.1. The number of ether oxygens (including phenoxy) is 1. The second-order valence-electron chi connectivity index (χ2n) is 6.43. The monoisotopic (exact) mass is 426 g/mol. The lowest BCUT2D eigenvalue weighted by Gasteiger charge is -2.18. The number of rotatable bonds is 7. The predicted octanol–water partition coefficient (Wildman–Crippen LogP) is 5.39. The van der Waals surface area contributed by atoms with Gasteiger partial charge in [-0.3, -0.25) is 9.56 Å². The highest BCUT2D eigenvalue weighted by Gasteiger charge is 2.27. The van der Waals surface area contributed by atoms with Gasteiger partial charge in [0.25, 0.3) is 0 Å². The van der Waals surface area contributed by atoms with E-state index in [9.17, 15) is 9.90 Å². The molecule has 0 saturated heterocycles. The van der Waals surface area contributed by atoms with Crippen LogP contribution in [0.3, 0.4) is 0 Å². The molecule has 3 rings (SSSR count). The number of aryl methyl sites for hydroxylation is 1. The maximum absolute atomic E-state index is 12.7. The Morgan fingerprint density at radius 1 is 1.24 bits per heavy atom. The number of thiazole rings is 1. The number of hydrogen-bond acceptors (Lipinski definition) is 6. The van der Waals surface area contributed by atoms with Gasteiger partial charge in [-0.2, -0.15) is 0 Å². The number of para-hydroxylation sites is 1. The van der Waals surface area contributed by atoms with Crippen LogP contribution in [0.4, 0.5) is 5.69 Å². The van der Waals surface area contributed by atoms with Gasteiger partial charge in [0.05, 0.1) is 18.5 Å². The normalized spacial score (nSPS) is 12.2. The number of aromatic nitrogens is 1. The molecule has 150 valence electrons. The molecule has 2 aromatic carbocycles. The minimum Gasteiger partial charge on any atom is -0.493 e. The number of carbonyl (C=O) groups excluding carboxylic acids is 1. The van der Waals surface area contributed by atoms with Gasteiger partial charge in [-0.25, -0.2) is 4.79 Å². The SMILES string of the molecule is CCOC(=O)[C@@H](Cc1ccccc1)n1c(O)c(C=Nc2ccccc2C)sc1=S. The number of aliphatic imine (C=N–C) groups is 1. The molecule has 1 heterocycles. The number of aromatic hydroxyl groups is 1. The average Bonchev–Trinajstić information content (AvgIpc) is 3.00. The molecule has 0 aliphatic carbocycles. The minimum atomic E-state index is -0.748. The van der Waals surface area contributed by atoms with Crippen LogP contribution in [0.2, 0.25) is 0 Å². The molecule has 3 aromatic rings. The number of nitrogens with zero attached hydrogens (tertiary/aromatic N) is 2. The second-order valence-corrected chi connectivity index (χ2v) is 8.10. The molecule has 0 radical (unpaired) electrons. The first-order valence-electron chi connectivity index (χ1n) is 9.25. The van der Waals surface area contributed by atoms with Crippen molar-refractivity contribution in [3.63, 3.8) is 0 Å². The molecule has 0 fully saturated rings. The van der Waals surface area contributed by atoms with Crippen LogP contribution in [0.15, 0.2) is 59.6 Å². The topological polar surface area (TPSA) is 63.8 Å². The van der Waals surface area contributed by atoms with E-state index < -0.39 is 12.0 Å². The van der Waals surface area contributed by atoms with Crippen LogP contribution in [0.25, 0.3) is 0 Å². The van der Waals surface area contributed by atoms with E-state index >= 15 is 0 Å². The molecule has 0 unspecified atom stereocenters. The molecule has 0 amide bonds. The van der Waals surface area contributed by atoms with E-state index in [1.807, 2.05) is 61.5 Å². The third-order valence-corrected chi connectivity index (χ3v) is 5.75. The summed E-state index contributed by atoms with van der Waals surface area (Å²) in [7, 11) is 0. The minimum absolute atomic E-state index is 0.0775. The summed E-state index contributed by atoms with van der Waals surface area (Å²) in [4.78, 5) is 17.6. The van der Waals surface area contributed by atoms with Gasteiger partial charge >= 0.3 is 5.97 Å². The van der Waals surface area contributed by atoms with Crippen molar-refractivity contribution < 1.29 is 14.6 Å². The first kappa shape index (κ1) is 21.0. The van der Waals surface area contributed by atoms with E-state index in [1.165, 1.54) is 15.9 Å². The second kappa shape index (κ2) is 9.62. The summed E-state index contributed by atoms with van der Waals surface area (Å²) in [6.45, 7) is 3.98. The van der Waals surface area contributed by atoms with Gasteiger partial charge in [0.15, 0.2) is 3.95 Å². The van der Waals surface area contributed by atoms with Gasteiger partial charge in [-0.05, 0) is 43.3 Å². The summed E-state index contributed by atoms with van der Waals surface area (Å²) in [6.07, 6.45) is 1.95. The van der Waals surface area contributed by atoms with Crippen LogP contribution in [-0.4, -0.2) is 28.5 Å². The van der Waals surface area contributed by atoms with Crippen LogP contribution >= 0.6 is 23.6 Å². The molecule has 0 spiro atoms. The molecule has 1 aromatic heterocycles. The molecule has 0 aliphatic heterocycles. The number of benzene rings is 2. The van der Waals surface area contributed by atoms with E-state index in [0.717, 1.165) is 16.8 Å². The van der Waals surface area contributed by atoms with E-state index in [4.69, 9.17) is 17.0 Å². The fraction of sp³-hybridized carbons (Fsp3) is 0.227. The Bertz CT molecular complexity index is 1070. The lowest BCUT2D eigenvalue weighted by Crippen LogP contribution is -2.24. The van der Waals surface area contributed by atoms with Gasteiger partial charge in [-0.15, -0.1) is 0 Å². The quantitative estimate of drug-likeness (QED) is 0.312. The Labute approximate surface area is 178 Å². The summed E-state index contributed by atoms with van der Waals surface area (Å²) in [5.41, 5.74) is 2.79. The highest BCUT2D eigenvalue weighted by atomic mass is 32.1. The van der Waals surface area contributed by atoms with Crippen molar-refractivity contribution in [2.75, 3.05) is 6.61 Å². The zero-order valence-corrected chi connectivity index (χ0v) is 17.9. The summed E-state index contributed by atoms with van der Waals surface area (Å²) in [5, 5.41) is 10.8. The van der Waals surface area contributed by atoms with Crippen molar-refractivity contribution in [1.29, 1.82) is 0 Å². The van der Waals surface area contributed by atoms with E-state index in [0.29, 0.717) is 15.3 Å². The van der Waals surface area contributed by atoms with Gasteiger partial charge in [0.1, 0.15) is 10.9 Å². The van der Waals surface area contributed by atoms with Crippen molar-refractivity contribution in [3.05, 3.63) is 74.6 Å². The third-order valence-electron chi connectivity index (χ3n) is 4.42. The molecular weight excluding hydrogens is 404 g/mol. The van der Waals surface area contributed by atoms with Crippen LogP contribution in [0.5, 0.6) is 5.88 Å². The van der Waals surface area contributed by atoms with E-state index in [1.54, 1.807) is 13.1 Å². The Morgan fingerprint density at radius 3 is 2.62 bits per heavy atom. The van der Waals surface area contributed by atoms with E-state index in [2.05, 4.69) is 4.99 Å². The van der Waals surface area contributed by atoms with Crippen LogP contribution in [0.1, 0.15) is 29.0 Å². The van der Waals surface area contributed by atoms with Gasteiger partial charge < -0.3 is 9.84 Å². The van der Waals surface area contributed by atoms with Crippen molar-refractivity contribution in [2.24, 2.45) is 4.99 Å². The summed E-state index contributed by atoms with van der Waals surface area (Å²) >= 11 is 6.68. The Kier molecular flexibility index (Phi) is 6.95. The van der Waals surface area contributed by atoms with Gasteiger partial charge in [0, 0.05) is 6.42 Å². The summed E-state index contributed by atoms with van der Waals surface area (Å²) < 4.78 is 7.10. The Morgan fingerprint density at radius 2 is 1.93 bits per heavy atom. The molecular formula is C22H22N2O3S2. The molecule has 0 aliphatic rings. The molecule has 29 heavy (non-hydrogen) atoms. The fourth-order valence-electron chi connectivity index (χ4n) is 2.95. The molecule has 0 bridgehead atoms. The maximum atomic E-state index is 12.7. The van der Waals surface area contributed by atoms with Crippen molar-refractivity contribution in [1.82, 2.24) is 4.57 Å². The third kappa shape index (κ3) is 4.99. The Balaban J connectivity index is 1.97. The largest absolute Gasteiger partial charge is 0.493 e. The fourth-order valence-corrected chi connectivity index (χ4v) is 4.22. The summed E-state index contributed by atoms with van der Waals surface area (Å²) in [5.74, 6) is -0.505. The lowest BCUT2D eigenvalue weighted by molar-refractivity contribution is -0.147. The molecule has 5 nitrogen and oxygen atoms in total. The molecule has 1 N–H and O–H groups in total. The molecule has 7 heteroatoms. The molecule has 1 atom stereocenters.